The van der Waals surface area contributed by atoms with Crippen LogP contribution >= 0.6 is 0 Å². The second-order valence-electron chi connectivity index (χ2n) is 3.97. The largest absolute Gasteiger partial charge is 0.0871 e. The van der Waals surface area contributed by atoms with Gasteiger partial charge >= 0.3 is 0 Å². The molecule has 1 aromatic rings. The standard InChI is InChI=1S/C14H20/c1-5-7-13-8-9-14(11(3)4)10-12(13)6-2/h5,7-11H,6H2,1-4H3/b7-5-. The molecule has 0 heterocycles. The summed E-state index contributed by atoms with van der Waals surface area (Å²) in [5, 5.41) is 0. The van der Waals surface area contributed by atoms with Crippen molar-refractivity contribution in [3.05, 3.63) is 41.0 Å². The van der Waals surface area contributed by atoms with Crippen LogP contribution in [0.15, 0.2) is 24.3 Å². The van der Waals surface area contributed by atoms with Gasteiger partial charge in [0.25, 0.3) is 0 Å². The van der Waals surface area contributed by atoms with E-state index in [0.717, 1.165) is 6.42 Å². The Labute approximate surface area is 87.7 Å². The Hall–Kier alpha value is -1.04. The van der Waals surface area contributed by atoms with Crippen molar-refractivity contribution in [2.75, 3.05) is 0 Å². The van der Waals surface area contributed by atoms with Crippen LogP contribution in [0.3, 0.4) is 0 Å². The maximum Gasteiger partial charge on any atom is -0.0219 e. The molecule has 0 aliphatic rings. The van der Waals surface area contributed by atoms with Gasteiger partial charge in [-0.25, -0.2) is 0 Å². The summed E-state index contributed by atoms with van der Waals surface area (Å²) in [6, 6.07) is 6.80. The van der Waals surface area contributed by atoms with E-state index in [1.165, 1.54) is 16.7 Å². The zero-order chi connectivity index (χ0) is 10.6. The van der Waals surface area contributed by atoms with Gasteiger partial charge in [0.15, 0.2) is 0 Å². The van der Waals surface area contributed by atoms with Crippen molar-refractivity contribution >= 4 is 6.08 Å². The van der Waals surface area contributed by atoms with E-state index in [9.17, 15) is 0 Å². The molecule has 0 spiro atoms. The molecule has 1 aromatic carbocycles. The second kappa shape index (κ2) is 4.99. The molecular weight excluding hydrogens is 168 g/mol. The first kappa shape index (κ1) is 11.0. The van der Waals surface area contributed by atoms with E-state index in [4.69, 9.17) is 0 Å². The molecule has 76 valence electrons. The van der Waals surface area contributed by atoms with Crippen LogP contribution in [0, 0.1) is 0 Å². The monoisotopic (exact) mass is 188 g/mol. The highest BCUT2D eigenvalue weighted by Crippen LogP contribution is 2.20. The summed E-state index contributed by atoms with van der Waals surface area (Å²) in [5.74, 6) is 0.625. The summed E-state index contributed by atoms with van der Waals surface area (Å²) in [6.45, 7) is 8.76. The molecule has 0 radical (unpaired) electrons. The minimum absolute atomic E-state index is 0.625. The summed E-state index contributed by atoms with van der Waals surface area (Å²) in [7, 11) is 0. The molecule has 0 bridgehead atoms. The van der Waals surface area contributed by atoms with Gasteiger partial charge in [0.05, 0.1) is 0 Å². The van der Waals surface area contributed by atoms with Gasteiger partial charge in [0, 0.05) is 0 Å². The summed E-state index contributed by atoms with van der Waals surface area (Å²) in [5.41, 5.74) is 4.25. The van der Waals surface area contributed by atoms with Crippen molar-refractivity contribution < 1.29 is 0 Å². The third kappa shape index (κ3) is 2.47. The third-order valence-corrected chi connectivity index (χ3v) is 2.56. The average Bonchev–Trinajstić information content (AvgIpc) is 2.18. The highest BCUT2D eigenvalue weighted by atomic mass is 14.1. The Balaban J connectivity index is 3.11. The van der Waals surface area contributed by atoms with E-state index in [1.54, 1.807) is 0 Å². The number of allylic oxidation sites excluding steroid dienone is 1. The minimum Gasteiger partial charge on any atom is -0.0871 e. The van der Waals surface area contributed by atoms with E-state index in [-0.39, 0.29) is 0 Å². The highest BCUT2D eigenvalue weighted by molar-refractivity contribution is 5.54. The molecule has 0 nitrogen and oxygen atoms in total. The predicted octanol–water partition coefficient (Wildman–Crippen LogP) is 4.41. The zero-order valence-corrected chi connectivity index (χ0v) is 9.67. The number of hydrogen-bond donors (Lipinski definition) is 0. The van der Waals surface area contributed by atoms with Gasteiger partial charge in [-0.1, -0.05) is 51.1 Å². The summed E-state index contributed by atoms with van der Waals surface area (Å²) in [6.07, 6.45) is 5.40. The zero-order valence-electron chi connectivity index (χ0n) is 9.67. The van der Waals surface area contributed by atoms with Crippen molar-refractivity contribution in [3.8, 4) is 0 Å². The molecule has 0 aliphatic carbocycles. The highest BCUT2D eigenvalue weighted by Gasteiger charge is 2.02. The first-order chi connectivity index (χ1) is 6.69. The Morgan fingerprint density at radius 3 is 2.50 bits per heavy atom. The van der Waals surface area contributed by atoms with Gasteiger partial charge in [-0.05, 0) is 36.0 Å². The Bertz CT molecular complexity index is 319. The topological polar surface area (TPSA) is 0 Å². The maximum absolute atomic E-state index is 2.33. The van der Waals surface area contributed by atoms with Crippen LogP contribution in [0.25, 0.3) is 6.08 Å². The van der Waals surface area contributed by atoms with Crippen LogP contribution in [-0.4, -0.2) is 0 Å². The van der Waals surface area contributed by atoms with Crippen molar-refractivity contribution in [2.24, 2.45) is 0 Å². The van der Waals surface area contributed by atoms with Crippen LogP contribution in [0.4, 0.5) is 0 Å². The lowest BCUT2D eigenvalue weighted by atomic mass is 9.96. The number of aryl methyl sites for hydroxylation is 1. The van der Waals surface area contributed by atoms with Crippen LogP contribution in [0.2, 0.25) is 0 Å². The first-order valence-electron chi connectivity index (χ1n) is 5.44. The number of hydrogen-bond acceptors (Lipinski definition) is 0. The fourth-order valence-electron chi connectivity index (χ4n) is 1.63. The van der Waals surface area contributed by atoms with Gasteiger partial charge < -0.3 is 0 Å². The molecule has 0 saturated carbocycles. The third-order valence-electron chi connectivity index (χ3n) is 2.56. The van der Waals surface area contributed by atoms with Crippen molar-refractivity contribution in [1.29, 1.82) is 0 Å². The van der Waals surface area contributed by atoms with Gasteiger partial charge in [0.2, 0.25) is 0 Å². The molecular formula is C14H20. The van der Waals surface area contributed by atoms with Gasteiger partial charge in [0.1, 0.15) is 0 Å². The molecule has 0 aromatic heterocycles. The molecule has 0 heteroatoms. The molecule has 0 N–H and O–H groups in total. The van der Waals surface area contributed by atoms with Crippen molar-refractivity contribution in [2.45, 2.75) is 40.0 Å². The maximum atomic E-state index is 2.33. The average molecular weight is 188 g/mol. The smallest absolute Gasteiger partial charge is 0.0219 e. The van der Waals surface area contributed by atoms with E-state index in [0.29, 0.717) is 5.92 Å². The Kier molecular flexibility index (Phi) is 3.94. The van der Waals surface area contributed by atoms with E-state index < -0.39 is 0 Å². The Morgan fingerprint density at radius 1 is 1.29 bits per heavy atom. The summed E-state index contributed by atoms with van der Waals surface area (Å²) in [4.78, 5) is 0. The molecule has 0 unspecified atom stereocenters. The fraction of sp³-hybridized carbons (Fsp3) is 0.429. The van der Waals surface area contributed by atoms with E-state index in [2.05, 4.69) is 58.0 Å². The van der Waals surface area contributed by atoms with E-state index in [1.807, 2.05) is 0 Å². The van der Waals surface area contributed by atoms with Crippen LogP contribution < -0.4 is 0 Å². The van der Waals surface area contributed by atoms with Crippen LogP contribution in [0.5, 0.6) is 0 Å². The summed E-state index contributed by atoms with van der Waals surface area (Å²) < 4.78 is 0. The second-order valence-corrected chi connectivity index (χ2v) is 3.97. The molecule has 0 fully saturated rings. The molecule has 0 aliphatic heterocycles. The van der Waals surface area contributed by atoms with Gasteiger partial charge in [-0.2, -0.15) is 0 Å². The van der Waals surface area contributed by atoms with Crippen LogP contribution in [0.1, 0.15) is 50.3 Å². The molecule has 0 saturated heterocycles. The lowest BCUT2D eigenvalue weighted by Gasteiger charge is -2.10. The van der Waals surface area contributed by atoms with Crippen molar-refractivity contribution in [1.82, 2.24) is 0 Å². The molecule has 0 amide bonds. The van der Waals surface area contributed by atoms with Gasteiger partial charge in [-0.15, -0.1) is 0 Å². The SMILES string of the molecule is C/C=C\c1ccc(C(C)C)cc1CC. The van der Waals surface area contributed by atoms with Crippen LogP contribution in [-0.2, 0) is 6.42 Å². The lowest BCUT2D eigenvalue weighted by molar-refractivity contribution is 0.862. The number of rotatable bonds is 3. The summed E-state index contributed by atoms with van der Waals surface area (Å²) >= 11 is 0. The predicted molar refractivity (Wildman–Crippen MR) is 64.6 cm³/mol. The lowest BCUT2D eigenvalue weighted by Crippen LogP contribution is -1.92. The first-order valence-corrected chi connectivity index (χ1v) is 5.44. The number of benzene rings is 1. The van der Waals surface area contributed by atoms with E-state index >= 15 is 0 Å². The molecule has 0 atom stereocenters. The molecule has 14 heavy (non-hydrogen) atoms. The quantitative estimate of drug-likeness (QED) is 0.659. The fourth-order valence-corrected chi connectivity index (χ4v) is 1.63. The van der Waals surface area contributed by atoms with Crippen molar-refractivity contribution in [3.63, 3.8) is 0 Å². The van der Waals surface area contributed by atoms with Gasteiger partial charge in [-0.3, -0.25) is 0 Å². The normalized spacial score (nSPS) is 11.5. The minimum atomic E-state index is 0.625. The molecule has 1 rings (SSSR count). The Morgan fingerprint density at radius 2 is 2.00 bits per heavy atom.